The highest BCUT2D eigenvalue weighted by molar-refractivity contribution is 4.76. The summed E-state index contributed by atoms with van der Waals surface area (Å²) in [5.41, 5.74) is 2.70. The largest absolute Gasteiger partial charge is 0.345 e. The lowest BCUT2D eigenvalue weighted by Gasteiger charge is -2.28. The fourth-order valence-electron chi connectivity index (χ4n) is 1.69. The van der Waals surface area contributed by atoms with Crippen molar-refractivity contribution in [2.24, 2.45) is 5.84 Å². The average molecular weight is 176 g/mol. The Kier molecular flexibility index (Phi) is 3.91. The summed E-state index contributed by atoms with van der Waals surface area (Å²) in [4.78, 5) is 0. The predicted molar refractivity (Wildman–Crippen MR) is 45.0 cm³/mol. The zero-order chi connectivity index (χ0) is 8.97. The topological polar surface area (TPSA) is 47.3 Å². The van der Waals surface area contributed by atoms with E-state index in [1.165, 1.54) is 6.92 Å². The van der Waals surface area contributed by atoms with Gasteiger partial charge in [-0.1, -0.05) is 0 Å². The van der Waals surface area contributed by atoms with E-state index in [-0.39, 0.29) is 6.10 Å². The van der Waals surface area contributed by atoms with E-state index < -0.39 is 6.36 Å². The highest BCUT2D eigenvalue weighted by Gasteiger charge is 2.22. The van der Waals surface area contributed by atoms with Crippen LogP contribution in [0.5, 0.6) is 0 Å². The first-order chi connectivity index (χ1) is 5.72. The Morgan fingerprint density at radius 1 is 1.58 bits per heavy atom. The van der Waals surface area contributed by atoms with Gasteiger partial charge in [0, 0.05) is 6.04 Å². The smallest absolute Gasteiger partial charge is 0.196 e. The molecule has 1 saturated carbocycles. The second kappa shape index (κ2) is 4.74. The maximum atomic E-state index is 12.4. The van der Waals surface area contributed by atoms with Gasteiger partial charge in [-0.25, -0.2) is 4.39 Å². The Labute approximate surface area is 72.4 Å². The van der Waals surface area contributed by atoms with Crippen LogP contribution in [0.1, 0.15) is 32.6 Å². The molecule has 0 radical (unpaired) electrons. The van der Waals surface area contributed by atoms with Gasteiger partial charge in [0.1, 0.15) is 0 Å². The SMILES string of the molecule is CC(F)O[C@H]1CCC[C@@H](NN)C1. The Morgan fingerprint density at radius 2 is 2.33 bits per heavy atom. The van der Waals surface area contributed by atoms with Crippen molar-refractivity contribution < 1.29 is 9.13 Å². The molecular weight excluding hydrogens is 159 g/mol. The minimum Gasteiger partial charge on any atom is -0.345 e. The molecule has 3 atom stereocenters. The van der Waals surface area contributed by atoms with Crippen molar-refractivity contribution in [1.82, 2.24) is 5.43 Å². The Morgan fingerprint density at radius 3 is 2.92 bits per heavy atom. The molecule has 0 aliphatic heterocycles. The zero-order valence-electron chi connectivity index (χ0n) is 7.42. The van der Waals surface area contributed by atoms with E-state index in [9.17, 15) is 4.39 Å². The first kappa shape index (κ1) is 9.89. The molecular formula is C8H17FN2O. The van der Waals surface area contributed by atoms with E-state index in [2.05, 4.69) is 5.43 Å². The molecule has 1 aliphatic rings. The molecule has 1 rings (SSSR count). The van der Waals surface area contributed by atoms with Crippen LogP contribution in [0.2, 0.25) is 0 Å². The third-order valence-electron chi connectivity index (χ3n) is 2.24. The van der Waals surface area contributed by atoms with Gasteiger partial charge < -0.3 is 4.74 Å². The first-order valence-electron chi connectivity index (χ1n) is 4.48. The van der Waals surface area contributed by atoms with Crippen LogP contribution in [0.25, 0.3) is 0 Å². The summed E-state index contributed by atoms with van der Waals surface area (Å²) in [6.07, 6.45) is 2.78. The Bertz CT molecular complexity index is 132. The van der Waals surface area contributed by atoms with Crippen LogP contribution in [-0.4, -0.2) is 18.5 Å². The lowest BCUT2D eigenvalue weighted by molar-refractivity contribution is -0.0891. The van der Waals surface area contributed by atoms with Crippen LogP contribution >= 0.6 is 0 Å². The summed E-state index contributed by atoms with van der Waals surface area (Å²) in [6.45, 7) is 1.42. The van der Waals surface area contributed by atoms with Crippen LogP contribution < -0.4 is 11.3 Å². The average Bonchev–Trinajstić information content (AvgIpc) is 2.03. The second-order valence-electron chi connectivity index (χ2n) is 3.33. The number of hydrogen-bond donors (Lipinski definition) is 2. The van der Waals surface area contributed by atoms with E-state index in [0.717, 1.165) is 25.7 Å². The van der Waals surface area contributed by atoms with Gasteiger partial charge in [0.15, 0.2) is 6.36 Å². The number of rotatable bonds is 3. The van der Waals surface area contributed by atoms with Crippen molar-refractivity contribution >= 4 is 0 Å². The first-order valence-corrected chi connectivity index (χ1v) is 4.48. The summed E-state index contributed by atoms with van der Waals surface area (Å²) in [6, 6.07) is 0.294. The number of hydrazine groups is 1. The van der Waals surface area contributed by atoms with Gasteiger partial charge in [-0.15, -0.1) is 0 Å². The molecule has 0 heterocycles. The Balaban J connectivity index is 2.25. The second-order valence-corrected chi connectivity index (χ2v) is 3.33. The van der Waals surface area contributed by atoms with Crippen LogP contribution in [0.15, 0.2) is 0 Å². The molecule has 3 N–H and O–H groups in total. The van der Waals surface area contributed by atoms with E-state index in [1.807, 2.05) is 0 Å². The number of alkyl halides is 1. The number of nitrogens with two attached hydrogens (primary N) is 1. The predicted octanol–water partition coefficient (Wildman–Crippen LogP) is 1.09. The van der Waals surface area contributed by atoms with E-state index in [1.54, 1.807) is 0 Å². The van der Waals surface area contributed by atoms with Gasteiger partial charge in [-0.2, -0.15) is 0 Å². The monoisotopic (exact) mass is 176 g/mol. The number of ether oxygens (including phenoxy) is 1. The summed E-state index contributed by atoms with van der Waals surface area (Å²) >= 11 is 0. The van der Waals surface area contributed by atoms with Crippen molar-refractivity contribution in [3.05, 3.63) is 0 Å². The van der Waals surface area contributed by atoms with E-state index in [0.29, 0.717) is 6.04 Å². The third-order valence-corrected chi connectivity index (χ3v) is 2.24. The molecule has 12 heavy (non-hydrogen) atoms. The molecule has 1 aliphatic carbocycles. The molecule has 0 spiro atoms. The molecule has 0 bridgehead atoms. The normalized spacial score (nSPS) is 33.2. The van der Waals surface area contributed by atoms with Gasteiger partial charge >= 0.3 is 0 Å². The quantitative estimate of drug-likeness (QED) is 0.500. The maximum absolute atomic E-state index is 12.4. The van der Waals surface area contributed by atoms with E-state index >= 15 is 0 Å². The molecule has 4 heteroatoms. The highest BCUT2D eigenvalue weighted by atomic mass is 19.1. The van der Waals surface area contributed by atoms with Gasteiger partial charge in [-0.05, 0) is 32.6 Å². The van der Waals surface area contributed by atoms with Gasteiger partial charge in [0.25, 0.3) is 0 Å². The summed E-state index contributed by atoms with van der Waals surface area (Å²) in [5, 5.41) is 0. The minimum atomic E-state index is -1.16. The van der Waals surface area contributed by atoms with Crippen molar-refractivity contribution in [2.45, 2.75) is 51.1 Å². The fraction of sp³-hybridized carbons (Fsp3) is 1.00. The standard InChI is InChI=1S/C8H17FN2O/c1-6(9)12-8-4-2-3-7(5-8)11-10/h6-8,11H,2-5,10H2,1H3/t6?,7-,8+/m1/s1. The summed E-state index contributed by atoms with van der Waals surface area (Å²) in [7, 11) is 0. The van der Waals surface area contributed by atoms with E-state index in [4.69, 9.17) is 10.6 Å². The fourth-order valence-corrected chi connectivity index (χ4v) is 1.69. The third kappa shape index (κ3) is 3.05. The molecule has 0 aromatic rings. The van der Waals surface area contributed by atoms with Gasteiger partial charge in [-0.3, -0.25) is 11.3 Å². The lowest BCUT2D eigenvalue weighted by atomic mass is 9.93. The van der Waals surface area contributed by atoms with Crippen molar-refractivity contribution in [3.8, 4) is 0 Å². The molecule has 0 aromatic heterocycles. The molecule has 1 unspecified atom stereocenters. The molecule has 0 aromatic carbocycles. The van der Waals surface area contributed by atoms with Gasteiger partial charge in [0.05, 0.1) is 6.10 Å². The molecule has 1 fully saturated rings. The summed E-state index contributed by atoms with van der Waals surface area (Å²) in [5.74, 6) is 5.30. The number of nitrogens with one attached hydrogen (secondary N) is 1. The minimum absolute atomic E-state index is 0.0415. The van der Waals surface area contributed by atoms with Crippen LogP contribution in [0, 0.1) is 0 Å². The molecule has 0 saturated heterocycles. The zero-order valence-corrected chi connectivity index (χ0v) is 7.42. The lowest BCUT2D eigenvalue weighted by Crippen LogP contribution is -2.41. The van der Waals surface area contributed by atoms with Crippen LogP contribution in [-0.2, 0) is 4.74 Å². The van der Waals surface area contributed by atoms with Gasteiger partial charge in [0.2, 0.25) is 0 Å². The molecule has 72 valence electrons. The summed E-state index contributed by atoms with van der Waals surface area (Å²) < 4.78 is 17.5. The maximum Gasteiger partial charge on any atom is 0.196 e. The number of halogens is 1. The van der Waals surface area contributed by atoms with Crippen LogP contribution in [0.4, 0.5) is 4.39 Å². The van der Waals surface area contributed by atoms with Crippen LogP contribution in [0.3, 0.4) is 0 Å². The van der Waals surface area contributed by atoms with Crippen molar-refractivity contribution in [2.75, 3.05) is 0 Å². The highest BCUT2D eigenvalue weighted by Crippen LogP contribution is 2.21. The molecule has 0 amide bonds. The van der Waals surface area contributed by atoms with Crippen molar-refractivity contribution in [3.63, 3.8) is 0 Å². The van der Waals surface area contributed by atoms with Crippen molar-refractivity contribution in [1.29, 1.82) is 0 Å². The number of hydrogen-bond acceptors (Lipinski definition) is 3. The molecule has 3 nitrogen and oxygen atoms in total. The Hall–Kier alpha value is -0.190.